The van der Waals surface area contributed by atoms with E-state index in [-0.39, 0.29) is 29.8 Å². The lowest BCUT2D eigenvalue weighted by molar-refractivity contribution is 0.0290. The second-order valence-electron chi connectivity index (χ2n) is 9.13. The standard InChI is InChI=1S/C29H28ClN3O5/c1-19(22-9-8-21-10-11-24(30)17-23(21)16-22)38-28-26(34)27(37-18-20-6-4-3-5-7-20)25(32(2)31-28)29(35)33-12-14-36-15-13-33/h3-11,16-17,19H,12-15,18H2,1-2H3. The largest absolute Gasteiger partial charge is 0.482 e. The van der Waals surface area contributed by atoms with E-state index in [1.807, 2.05) is 73.7 Å². The van der Waals surface area contributed by atoms with Crippen LogP contribution in [0.3, 0.4) is 0 Å². The summed E-state index contributed by atoms with van der Waals surface area (Å²) in [7, 11) is 1.61. The summed E-state index contributed by atoms with van der Waals surface area (Å²) in [6.07, 6.45) is -0.499. The van der Waals surface area contributed by atoms with Crippen LogP contribution in [0.5, 0.6) is 11.6 Å². The predicted molar refractivity (Wildman–Crippen MR) is 145 cm³/mol. The molecule has 0 N–H and O–H groups in total. The summed E-state index contributed by atoms with van der Waals surface area (Å²) in [6.45, 7) is 3.67. The maximum Gasteiger partial charge on any atom is 0.286 e. The van der Waals surface area contributed by atoms with E-state index in [1.54, 1.807) is 11.9 Å². The molecule has 3 aromatic carbocycles. The molecule has 1 saturated heterocycles. The van der Waals surface area contributed by atoms with Crippen LogP contribution in [-0.4, -0.2) is 46.9 Å². The SMILES string of the molecule is CC(Oc1nn(C)c(C(=O)N2CCOCC2)c(OCc2ccccc2)c1=O)c1ccc2ccc(Cl)cc2c1. The molecule has 1 aliphatic heterocycles. The average molecular weight is 534 g/mol. The number of carbonyl (C=O) groups is 1. The van der Waals surface area contributed by atoms with E-state index in [9.17, 15) is 9.59 Å². The Hall–Kier alpha value is -3.88. The smallest absolute Gasteiger partial charge is 0.286 e. The highest BCUT2D eigenvalue weighted by Gasteiger charge is 2.29. The van der Waals surface area contributed by atoms with Gasteiger partial charge >= 0.3 is 0 Å². The number of amides is 1. The number of ether oxygens (including phenoxy) is 3. The number of rotatable bonds is 7. The van der Waals surface area contributed by atoms with Crippen LogP contribution < -0.4 is 14.9 Å². The van der Waals surface area contributed by atoms with Gasteiger partial charge < -0.3 is 19.1 Å². The molecule has 8 nitrogen and oxygen atoms in total. The van der Waals surface area contributed by atoms with Gasteiger partial charge in [0.15, 0.2) is 5.69 Å². The highest BCUT2D eigenvalue weighted by atomic mass is 35.5. The first-order chi connectivity index (χ1) is 18.4. The number of carbonyl (C=O) groups excluding carboxylic acids is 1. The molecule has 0 saturated carbocycles. The first-order valence-corrected chi connectivity index (χ1v) is 12.8. The van der Waals surface area contributed by atoms with Crippen LogP contribution in [0.1, 0.15) is 34.6 Å². The Balaban J connectivity index is 1.49. The molecule has 2 heterocycles. The number of nitrogens with zero attached hydrogens (tertiary/aromatic N) is 3. The van der Waals surface area contributed by atoms with Crippen LogP contribution in [0, 0.1) is 0 Å². The number of aryl methyl sites for hydroxylation is 1. The van der Waals surface area contributed by atoms with Gasteiger partial charge in [-0.15, -0.1) is 5.10 Å². The number of hydrogen-bond acceptors (Lipinski definition) is 6. The first-order valence-electron chi connectivity index (χ1n) is 12.4. The lowest BCUT2D eigenvalue weighted by Gasteiger charge is -2.28. The molecular formula is C29H28ClN3O5. The lowest BCUT2D eigenvalue weighted by Crippen LogP contribution is -2.42. The van der Waals surface area contributed by atoms with Gasteiger partial charge in [0.05, 0.1) is 13.2 Å². The summed E-state index contributed by atoms with van der Waals surface area (Å²) < 4.78 is 18.8. The molecule has 1 unspecified atom stereocenters. The summed E-state index contributed by atoms with van der Waals surface area (Å²) in [6, 6.07) is 21.0. The van der Waals surface area contributed by atoms with E-state index in [0.29, 0.717) is 31.3 Å². The molecular weight excluding hydrogens is 506 g/mol. The van der Waals surface area contributed by atoms with Crippen molar-refractivity contribution in [2.45, 2.75) is 19.6 Å². The normalized spacial score (nSPS) is 14.3. The molecule has 38 heavy (non-hydrogen) atoms. The average Bonchev–Trinajstić information content (AvgIpc) is 2.94. The number of fused-ring (bicyclic) bond motifs is 1. The predicted octanol–water partition coefficient (Wildman–Crippen LogP) is 4.78. The maximum atomic E-state index is 13.6. The zero-order chi connectivity index (χ0) is 26.6. The van der Waals surface area contributed by atoms with Gasteiger partial charge in [0.1, 0.15) is 12.7 Å². The number of morpholine rings is 1. The summed E-state index contributed by atoms with van der Waals surface area (Å²) in [5, 5.41) is 6.99. The highest BCUT2D eigenvalue weighted by molar-refractivity contribution is 6.31. The molecule has 1 aromatic heterocycles. The Bertz CT molecular complexity index is 1520. The number of hydrogen-bond donors (Lipinski definition) is 0. The fraction of sp³-hybridized carbons (Fsp3) is 0.276. The minimum atomic E-state index is -0.577. The molecule has 1 aliphatic rings. The van der Waals surface area contributed by atoms with Crippen molar-refractivity contribution in [3.8, 4) is 11.6 Å². The topological polar surface area (TPSA) is 82.9 Å². The van der Waals surface area contributed by atoms with Gasteiger partial charge in [0.25, 0.3) is 17.2 Å². The molecule has 5 rings (SSSR count). The second-order valence-corrected chi connectivity index (χ2v) is 9.56. The molecule has 1 atom stereocenters. The molecule has 0 bridgehead atoms. The zero-order valence-electron chi connectivity index (χ0n) is 21.2. The molecule has 0 aliphatic carbocycles. The lowest BCUT2D eigenvalue weighted by atomic mass is 10.0. The minimum absolute atomic E-state index is 0.0770. The van der Waals surface area contributed by atoms with Gasteiger partial charge in [-0.25, -0.2) is 0 Å². The number of aromatic nitrogens is 2. The Kier molecular flexibility index (Phi) is 7.62. The fourth-order valence-electron chi connectivity index (χ4n) is 4.40. The summed E-state index contributed by atoms with van der Waals surface area (Å²) in [4.78, 5) is 28.7. The van der Waals surface area contributed by atoms with Crippen molar-refractivity contribution in [2.75, 3.05) is 26.3 Å². The van der Waals surface area contributed by atoms with E-state index in [1.165, 1.54) is 4.68 Å². The molecule has 0 spiro atoms. The molecule has 196 valence electrons. The van der Waals surface area contributed by atoms with Gasteiger partial charge in [-0.05, 0) is 47.0 Å². The third-order valence-corrected chi connectivity index (χ3v) is 6.73. The van der Waals surface area contributed by atoms with Crippen LogP contribution in [-0.2, 0) is 18.4 Å². The third kappa shape index (κ3) is 5.51. The number of benzene rings is 3. The van der Waals surface area contributed by atoms with Crippen LogP contribution in [0.25, 0.3) is 10.8 Å². The summed E-state index contributed by atoms with van der Waals surface area (Å²) in [5.41, 5.74) is 1.21. The van der Waals surface area contributed by atoms with E-state index in [2.05, 4.69) is 5.10 Å². The van der Waals surface area contributed by atoms with Gasteiger partial charge in [0.2, 0.25) is 5.75 Å². The molecule has 1 amide bonds. The van der Waals surface area contributed by atoms with Gasteiger partial charge in [-0.2, -0.15) is 0 Å². The first kappa shape index (κ1) is 25.8. The van der Waals surface area contributed by atoms with Crippen molar-refractivity contribution in [1.29, 1.82) is 0 Å². The van der Waals surface area contributed by atoms with E-state index in [0.717, 1.165) is 21.9 Å². The summed E-state index contributed by atoms with van der Waals surface area (Å²) >= 11 is 6.17. The van der Waals surface area contributed by atoms with Gasteiger partial charge in [-0.3, -0.25) is 14.3 Å². The van der Waals surface area contributed by atoms with Crippen LogP contribution in [0.2, 0.25) is 5.02 Å². The van der Waals surface area contributed by atoms with E-state index >= 15 is 0 Å². The van der Waals surface area contributed by atoms with Crippen LogP contribution in [0.4, 0.5) is 0 Å². The molecule has 4 aromatic rings. The Labute approximate surface area is 225 Å². The zero-order valence-corrected chi connectivity index (χ0v) is 22.0. The third-order valence-electron chi connectivity index (χ3n) is 6.49. The van der Waals surface area contributed by atoms with Crippen molar-refractivity contribution in [2.24, 2.45) is 7.05 Å². The highest BCUT2D eigenvalue weighted by Crippen LogP contribution is 2.27. The Morgan fingerprint density at radius 3 is 2.55 bits per heavy atom. The van der Waals surface area contributed by atoms with Crippen LogP contribution >= 0.6 is 11.6 Å². The number of halogens is 1. The Morgan fingerprint density at radius 1 is 1.05 bits per heavy atom. The molecule has 9 heteroatoms. The van der Waals surface area contributed by atoms with Crippen molar-refractivity contribution in [1.82, 2.24) is 14.7 Å². The van der Waals surface area contributed by atoms with Crippen molar-refractivity contribution in [3.05, 3.63) is 98.8 Å². The van der Waals surface area contributed by atoms with Crippen molar-refractivity contribution >= 4 is 28.3 Å². The monoisotopic (exact) mass is 533 g/mol. The van der Waals surface area contributed by atoms with Crippen LogP contribution in [0.15, 0.2) is 71.5 Å². The Morgan fingerprint density at radius 2 is 1.79 bits per heavy atom. The molecule has 1 fully saturated rings. The van der Waals surface area contributed by atoms with Gasteiger partial charge in [-0.1, -0.05) is 60.1 Å². The summed E-state index contributed by atoms with van der Waals surface area (Å²) in [5.74, 6) is -0.572. The minimum Gasteiger partial charge on any atom is -0.482 e. The second kappa shape index (κ2) is 11.2. The fourth-order valence-corrected chi connectivity index (χ4v) is 4.58. The molecule has 0 radical (unpaired) electrons. The van der Waals surface area contributed by atoms with E-state index in [4.69, 9.17) is 25.8 Å². The van der Waals surface area contributed by atoms with Crippen molar-refractivity contribution in [3.63, 3.8) is 0 Å². The maximum absolute atomic E-state index is 13.6. The van der Waals surface area contributed by atoms with E-state index < -0.39 is 11.5 Å². The van der Waals surface area contributed by atoms with Gasteiger partial charge in [0, 0.05) is 25.2 Å². The quantitative estimate of drug-likeness (QED) is 0.340. The van der Waals surface area contributed by atoms with Crippen molar-refractivity contribution < 1.29 is 19.0 Å².